The van der Waals surface area contributed by atoms with E-state index in [1.54, 1.807) is 23.0 Å². The van der Waals surface area contributed by atoms with E-state index in [-0.39, 0.29) is 36.7 Å². The Kier molecular flexibility index (Phi) is 8.10. The highest BCUT2D eigenvalue weighted by Gasteiger charge is 2.19. The standard InChI is InChI=1S/C17H23N5O2.ClH/c1-3-12(2)16(18)17(24)19-11-15(23)21-13-5-7-14(8-6-13)22-10-4-9-20-22;/h4-10,12,16H,3,11,18H2,1-2H3,(H,19,24)(H,21,23);1H. The second-order valence-corrected chi connectivity index (χ2v) is 5.67. The molecule has 8 heteroatoms. The van der Waals surface area contributed by atoms with E-state index in [4.69, 9.17) is 5.73 Å². The van der Waals surface area contributed by atoms with Gasteiger partial charge in [0.15, 0.2) is 0 Å². The fourth-order valence-corrected chi connectivity index (χ4v) is 2.12. The van der Waals surface area contributed by atoms with Gasteiger partial charge >= 0.3 is 0 Å². The maximum Gasteiger partial charge on any atom is 0.243 e. The Hall–Kier alpha value is -2.38. The topological polar surface area (TPSA) is 102 Å². The van der Waals surface area contributed by atoms with E-state index in [1.165, 1.54) is 0 Å². The smallest absolute Gasteiger partial charge is 0.243 e. The average Bonchev–Trinajstić information content (AvgIpc) is 3.13. The van der Waals surface area contributed by atoms with Crippen LogP contribution in [0.4, 0.5) is 5.69 Å². The van der Waals surface area contributed by atoms with Gasteiger partial charge in [-0.05, 0) is 36.2 Å². The molecule has 2 rings (SSSR count). The Morgan fingerprint density at radius 3 is 2.52 bits per heavy atom. The number of nitrogens with zero attached hydrogens (tertiary/aromatic N) is 2. The molecule has 7 nitrogen and oxygen atoms in total. The second kappa shape index (κ2) is 9.80. The summed E-state index contributed by atoms with van der Waals surface area (Å²) < 4.78 is 1.72. The minimum Gasteiger partial charge on any atom is -0.346 e. The van der Waals surface area contributed by atoms with Gasteiger partial charge in [0.25, 0.3) is 0 Å². The third-order valence-electron chi connectivity index (χ3n) is 3.90. The van der Waals surface area contributed by atoms with Gasteiger partial charge in [-0.25, -0.2) is 4.68 Å². The van der Waals surface area contributed by atoms with Crippen molar-refractivity contribution in [2.75, 3.05) is 11.9 Å². The van der Waals surface area contributed by atoms with Crippen LogP contribution in [0.5, 0.6) is 0 Å². The molecule has 0 bridgehead atoms. The molecular formula is C17H24ClN5O2. The SMILES string of the molecule is CCC(C)C(N)C(=O)NCC(=O)Nc1ccc(-n2cccn2)cc1.Cl. The highest BCUT2D eigenvalue weighted by atomic mass is 35.5. The van der Waals surface area contributed by atoms with Gasteiger partial charge in [-0.2, -0.15) is 5.10 Å². The zero-order valence-electron chi connectivity index (χ0n) is 14.3. The van der Waals surface area contributed by atoms with E-state index in [0.29, 0.717) is 5.69 Å². The summed E-state index contributed by atoms with van der Waals surface area (Å²) in [6, 6.07) is 8.49. The molecule has 0 spiro atoms. The molecule has 0 saturated heterocycles. The van der Waals surface area contributed by atoms with Crippen LogP contribution in [0.15, 0.2) is 42.7 Å². The lowest BCUT2D eigenvalue weighted by Gasteiger charge is -2.17. The number of nitrogens with two attached hydrogens (primary N) is 1. The molecule has 0 aliphatic rings. The number of halogens is 1. The Balaban J connectivity index is 0.00000312. The first kappa shape index (κ1) is 20.7. The molecule has 0 aliphatic carbocycles. The minimum absolute atomic E-state index is 0. The number of hydrogen-bond donors (Lipinski definition) is 3. The van der Waals surface area contributed by atoms with Crippen molar-refractivity contribution in [3.05, 3.63) is 42.7 Å². The molecule has 25 heavy (non-hydrogen) atoms. The van der Waals surface area contributed by atoms with Crippen LogP contribution < -0.4 is 16.4 Å². The monoisotopic (exact) mass is 365 g/mol. The Morgan fingerprint density at radius 2 is 1.96 bits per heavy atom. The summed E-state index contributed by atoms with van der Waals surface area (Å²) in [4.78, 5) is 23.8. The summed E-state index contributed by atoms with van der Waals surface area (Å²) >= 11 is 0. The first-order valence-corrected chi connectivity index (χ1v) is 7.94. The number of anilines is 1. The molecule has 1 heterocycles. The number of amides is 2. The van der Waals surface area contributed by atoms with Gasteiger partial charge in [-0.15, -0.1) is 12.4 Å². The van der Waals surface area contributed by atoms with Crippen LogP contribution in [0.3, 0.4) is 0 Å². The molecule has 2 atom stereocenters. The van der Waals surface area contributed by atoms with Crippen molar-refractivity contribution in [2.45, 2.75) is 26.3 Å². The van der Waals surface area contributed by atoms with Gasteiger partial charge in [0.2, 0.25) is 11.8 Å². The fourth-order valence-electron chi connectivity index (χ4n) is 2.12. The second-order valence-electron chi connectivity index (χ2n) is 5.67. The largest absolute Gasteiger partial charge is 0.346 e. The quantitative estimate of drug-likeness (QED) is 0.695. The summed E-state index contributed by atoms with van der Waals surface area (Å²) in [6.07, 6.45) is 4.34. The number of benzene rings is 1. The predicted octanol–water partition coefficient (Wildman–Crippen LogP) is 1.72. The van der Waals surface area contributed by atoms with Crippen LogP contribution in [-0.4, -0.2) is 34.2 Å². The number of nitrogens with one attached hydrogen (secondary N) is 2. The molecular weight excluding hydrogens is 342 g/mol. The number of carbonyl (C=O) groups excluding carboxylic acids is 2. The van der Waals surface area contributed by atoms with E-state index in [9.17, 15) is 9.59 Å². The normalized spacial score (nSPS) is 12.6. The highest BCUT2D eigenvalue weighted by molar-refractivity contribution is 5.95. The van der Waals surface area contributed by atoms with Crippen LogP contribution in [0.25, 0.3) is 5.69 Å². The Bertz CT molecular complexity index is 673. The Morgan fingerprint density at radius 1 is 1.28 bits per heavy atom. The lowest BCUT2D eigenvalue weighted by atomic mass is 9.99. The zero-order valence-corrected chi connectivity index (χ0v) is 15.1. The summed E-state index contributed by atoms with van der Waals surface area (Å²) in [5.41, 5.74) is 7.36. The first-order chi connectivity index (χ1) is 11.5. The third kappa shape index (κ3) is 5.88. The van der Waals surface area contributed by atoms with E-state index >= 15 is 0 Å². The van der Waals surface area contributed by atoms with Gasteiger partial charge < -0.3 is 16.4 Å². The van der Waals surface area contributed by atoms with Crippen LogP contribution >= 0.6 is 12.4 Å². The zero-order chi connectivity index (χ0) is 17.5. The average molecular weight is 366 g/mol. The van der Waals surface area contributed by atoms with Crippen molar-refractivity contribution in [2.24, 2.45) is 11.7 Å². The molecule has 2 unspecified atom stereocenters. The van der Waals surface area contributed by atoms with Crippen LogP contribution in [0.1, 0.15) is 20.3 Å². The molecule has 0 fully saturated rings. The van der Waals surface area contributed by atoms with E-state index in [0.717, 1.165) is 12.1 Å². The van der Waals surface area contributed by atoms with Crippen molar-refractivity contribution >= 4 is 29.9 Å². The van der Waals surface area contributed by atoms with Crippen molar-refractivity contribution in [3.63, 3.8) is 0 Å². The van der Waals surface area contributed by atoms with E-state index in [1.807, 2.05) is 38.2 Å². The van der Waals surface area contributed by atoms with Crippen LogP contribution in [0, 0.1) is 5.92 Å². The number of rotatable bonds is 7. The van der Waals surface area contributed by atoms with Gasteiger partial charge in [-0.1, -0.05) is 20.3 Å². The molecule has 136 valence electrons. The Labute approximate surface area is 153 Å². The van der Waals surface area contributed by atoms with Crippen LogP contribution in [0.2, 0.25) is 0 Å². The molecule has 0 radical (unpaired) electrons. The molecule has 1 aromatic heterocycles. The maximum absolute atomic E-state index is 11.9. The summed E-state index contributed by atoms with van der Waals surface area (Å²) in [7, 11) is 0. The van der Waals surface area contributed by atoms with Gasteiger partial charge in [0, 0.05) is 18.1 Å². The lowest BCUT2D eigenvalue weighted by molar-refractivity contribution is -0.125. The van der Waals surface area contributed by atoms with E-state index in [2.05, 4.69) is 15.7 Å². The first-order valence-electron chi connectivity index (χ1n) is 7.94. The van der Waals surface area contributed by atoms with Crippen molar-refractivity contribution in [1.82, 2.24) is 15.1 Å². The number of hydrogen-bond acceptors (Lipinski definition) is 4. The summed E-state index contributed by atoms with van der Waals surface area (Å²) in [6.45, 7) is 3.77. The van der Waals surface area contributed by atoms with Crippen LogP contribution in [-0.2, 0) is 9.59 Å². The number of carbonyl (C=O) groups is 2. The van der Waals surface area contributed by atoms with Gasteiger partial charge in [0.05, 0.1) is 18.3 Å². The van der Waals surface area contributed by atoms with E-state index < -0.39 is 6.04 Å². The third-order valence-corrected chi connectivity index (χ3v) is 3.90. The molecule has 1 aromatic carbocycles. The summed E-state index contributed by atoms with van der Waals surface area (Å²) in [5, 5.41) is 9.42. The highest BCUT2D eigenvalue weighted by Crippen LogP contribution is 2.12. The molecule has 0 saturated carbocycles. The van der Waals surface area contributed by atoms with Gasteiger partial charge in [0.1, 0.15) is 0 Å². The van der Waals surface area contributed by atoms with Crippen molar-refractivity contribution in [3.8, 4) is 5.69 Å². The molecule has 2 aromatic rings. The fraction of sp³-hybridized carbons (Fsp3) is 0.353. The molecule has 0 aliphatic heterocycles. The maximum atomic E-state index is 11.9. The van der Waals surface area contributed by atoms with Crippen molar-refractivity contribution in [1.29, 1.82) is 0 Å². The molecule has 4 N–H and O–H groups in total. The van der Waals surface area contributed by atoms with Gasteiger partial charge in [-0.3, -0.25) is 9.59 Å². The lowest BCUT2D eigenvalue weighted by Crippen LogP contribution is -2.46. The number of aromatic nitrogens is 2. The minimum atomic E-state index is -0.601. The summed E-state index contributed by atoms with van der Waals surface area (Å²) in [5.74, 6) is -0.539. The van der Waals surface area contributed by atoms with Crippen molar-refractivity contribution < 1.29 is 9.59 Å². The predicted molar refractivity (Wildman–Crippen MR) is 99.9 cm³/mol. The molecule has 2 amide bonds.